The van der Waals surface area contributed by atoms with E-state index in [4.69, 9.17) is 9.84 Å². The van der Waals surface area contributed by atoms with Crippen LogP contribution in [0.1, 0.15) is 64.2 Å². The normalized spacial score (nSPS) is 17.8. The molecule has 0 spiro atoms. The number of carbonyl (C=O) groups is 3. The molecule has 10 nitrogen and oxygen atoms in total. The maximum absolute atomic E-state index is 15.2. The van der Waals surface area contributed by atoms with E-state index < -0.39 is 23.4 Å². The average molecular weight is 494 g/mol. The molecule has 4 N–H and O–H groups in total. The van der Waals surface area contributed by atoms with Gasteiger partial charge in [-0.3, -0.25) is 10.2 Å². The van der Waals surface area contributed by atoms with Gasteiger partial charge in [-0.05, 0) is 71.9 Å². The molecule has 3 amide bonds. The van der Waals surface area contributed by atoms with Crippen LogP contribution in [0.5, 0.6) is 0 Å². The molecule has 1 aliphatic carbocycles. The number of carbonyl (C=O) groups excluding carboxylic acids is 2. The molecule has 194 valence electrons. The molecule has 0 radical (unpaired) electrons. The Morgan fingerprint density at radius 3 is 2.46 bits per heavy atom. The number of amides is 3. The zero-order valence-corrected chi connectivity index (χ0v) is 21.0. The van der Waals surface area contributed by atoms with Crippen molar-refractivity contribution in [1.82, 2.24) is 15.8 Å². The lowest BCUT2D eigenvalue weighted by Crippen LogP contribution is -2.44. The summed E-state index contributed by atoms with van der Waals surface area (Å²) >= 11 is 0. The van der Waals surface area contributed by atoms with Gasteiger partial charge >= 0.3 is 12.2 Å². The van der Waals surface area contributed by atoms with Crippen LogP contribution in [0.2, 0.25) is 0 Å². The van der Waals surface area contributed by atoms with Crippen LogP contribution in [-0.4, -0.2) is 65.4 Å². The van der Waals surface area contributed by atoms with Crippen LogP contribution >= 0.6 is 0 Å². The van der Waals surface area contributed by atoms with Crippen LogP contribution in [-0.2, 0) is 4.74 Å². The minimum absolute atomic E-state index is 0.0264. The van der Waals surface area contributed by atoms with Crippen molar-refractivity contribution in [3.8, 4) is 0 Å². The van der Waals surface area contributed by atoms with Gasteiger partial charge in [0, 0.05) is 37.4 Å². The summed E-state index contributed by atoms with van der Waals surface area (Å²) in [7, 11) is 0. The van der Waals surface area contributed by atoms with E-state index in [-0.39, 0.29) is 29.7 Å². The molecule has 3 rings (SSSR count). The number of ether oxygens (including phenoxy) is 1. The van der Waals surface area contributed by atoms with E-state index >= 15 is 4.39 Å². The van der Waals surface area contributed by atoms with Gasteiger partial charge in [-0.25, -0.2) is 19.4 Å². The second-order valence-corrected chi connectivity index (χ2v) is 10.5. The molecule has 1 saturated carbocycles. The molecule has 1 aliphatic heterocycles. The third-order valence-electron chi connectivity index (χ3n) is 5.88. The number of benzene rings is 1. The molecule has 35 heavy (non-hydrogen) atoms. The lowest BCUT2D eigenvalue weighted by molar-refractivity contribution is 0.0162. The van der Waals surface area contributed by atoms with E-state index in [9.17, 15) is 14.4 Å². The van der Waals surface area contributed by atoms with Crippen molar-refractivity contribution in [2.75, 3.05) is 29.9 Å². The number of nitrogens with zero attached hydrogens (tertiary/aromatic N) is 2. The van der Waals surface area contributed by atoms with Gasteiger partial charge in [-0.15, -0.1) is 0 Å². The van der Waals surface area contributed by atoms with Gasteiger partial charge in [0.25, 0.3) is 5.91 Å². The summed E-state index contributed by atoms with van der Waals surface area (Å²) in [5.74, 6) is -1.18. The van der Waals surface area contributed by atoms with Crippen molar-refractivity contribution in [2.45, 2.75) is 71.6 Å². The second-order valence-electron chi connectivity index (χ2n) is 10.5. The molecule has 2 fully saturated rings. The molecule has 1 atom stereocenters. The predicted molar refractivity (Wildman–Crippen MR) is 130 cm³/mol. The fraction of sp³-hybridized carbons (Fsp3) is 0.625. The Labute approximate surface area is 205 Å². The number of carboxylic acid groups (broad SMARTS) is 1. The van der Waals surface area contributed by atoms with E-state index in [0.29, 0.717) is 31.0 Å². The topological polar surface area (TPSA) is 123 Å². The lowest BCUT2D eigenvalue weighted by atomic mass is 10.1. The standard InChI is InChI=1S/C24H36FN5O5/c1-14(2)30(23(34)35-24(3,4)5)13-15-8-9-29(12-15)20-11-19(26-16-6-7-16)17(10-18(20)25)21(31)27-28-22(32)33/h10-11,14-16,26,28H,6-9,12-13H2,1-5H3,(H,27,31)(H,32,33). The fourth-order valence-corrected chi connectivity index (χ4v) is 4.03. The van der Waals surface area contributed by atoms with Crippen LogP contribution in [0.4, 0.5) is 25.4 Å². The van der Waals surface area contributed by atoms with Crippen LogP contribution in [0.3, 0.4) is 0 Å². The molecule has 1 heterocycles. The molecule has 1 saturated heterocycles. The zero-order chi connectivity index (χ0) is 25.9. The van der Waals surface area contributed by atoms with Crippen molar-refractivity contribution >= 4 is 29.5 Å². The highest BCUT2D eigenvalue weighted by Gasteiger charge is 2.32. The van der Waals surface area contributed by atoms with E-state index in [2.05, 4.69) is 10.7 Å². The van der Waals surface area contributed by atoms with Crippen LogP contribution < -0.4 is 21.1 Å². The molecule has 2 aliphatic rings. The van der Waals surface area contributed by atoms with Gasteiger partial charge in [0.05, 0.1) is 11.3 Å². The van der Waals surface area contributed by atoms with E-state index in [1.165, 1.54) is 0 Å². The Bertz CT molecular complexity index is 960. The van der Waals surface area contributed by atoms with Crippen molar-refractivity contribution in [1.29, 1.82) is 0 Å². The SMILES string of the molecule is CC(C)N(CC1CCN(c2cc(NC3CC3)c(C(=O)NNC(=O)O)cc2F)C1)C(=O)OC(C)(C)C. The summed E-state index contributed by atoms with van der Waals surface area (Å²) in [6.45, 7) is 11.0. The summed E-state index contributed by atoms with van der Waals surface area (Å²) in [6.07, 6.45) is 0.892. The van der Waals surface area contributed by atoms with Crippen LogP contribution in [0, 0.1) is 11.7 Å². The van der Waals surface area contributed by atoms with E-state index in [1.807, 2.05) is 39.5 Å². The number of hydrazine groups is 1. The Balaban J connectivity index is 1.74. The highest BCUT2D eigenvalue weighted by molar-refractivity contribution is 6.01. The highest BCUT2D eigenvalue weighted by Crippen LogP contribution is 2.34. The lowest BCUT2D eigenvalue weighted by Gasteiger charge is -2.32. The number of nitrogens with one attached hydrogen (secondary N) is 3. The molecule has 1 unspecified atom stereocenters. The van der Waals surface area contributed by atoms with Gasteiger partial charge < -0.3 is 25.0 Å². The first-order valence-corrected chi connectivity index (χ1v) is 12.0. The molecular formula is C24H36FN5O5. The first-order chi connectivity index (χ1) is 16.3. The molecular weight excluding hydrogens is 457 g/mol. The first-order valence-electron chi connectivity index (χ1n) is 12.0. The van der Waals surface area contributed by atoms with Crippen molar-refractivity contribution in [3.05, 3.63) is 23.5 Å². The monoisotopic (exact) mass is 493 g/mol. The van der Waals surface area contributed by atoms with Gasteiger partial charge in [-0.2, -0.15) is 0 Å². The van der Waals surface area contributed by atoms with Crippen LogP contribution in [0.25, 0.3) is 0 Å². The number of hydrogen-bond donors (Lipinski definition) is 4. The Kier molecular flexibility index (Phi) is 7.97. The van der Waals surface area contributed by atoms with E-state index in [1.54, 1.807) is 16.4 Å². The quantitative estimate of drug-likeness (QED) is 0.426. The van der Waals surface area contributed by atoms with Crippen molar-refractivity contribution < 1.29 is 28.6 Å². The second kappa shape index (κ2) is 10.6. The minimum atomic E-state index is -1.42. The average Bonchev–Trinajstić information content (AvgIpc) is 3.44. The van der Waals surface area contributed by atoms with Crippen LogP contribution in [0.15, 0.2) is 12.1 Å². The predicted octanol–water partition coefficient (Wildman–Crippen LogP) is 3.78. The largest absolute Gasteiger partial charge is 0.464 e. The van der Waals surface area contributed by atoms with Gasteiger partial charge in [0.2, 0.25) is 0 Å². The molecule has 0 aromatic heterocycles. The summed E-state index contributed by atoms with van der Waals surface area (Å²) in [6, 6.07) is 2.90. The van der Waals surface area contributed by atoms with Gasteiger partial charge in [-0.1, -0.05) is 0 Å². The van der Waals surface area contributed by atoms with Crippen molar-refractivity contribution in [2.24, 2.45) is 5.92 Å². The molecule has 1 aromatic rings. The third kappa shape index (κ3) is 7.37. The number of rotatable bonds is 7. The maximum Gasteiger partial charge on any atom is 0.423 e. The number of anilines is 2. The Morgan fingerprint density at radius 2 is 1.89 bits per heavy atom. The minimum Gasteiger partial charge on any atom is -0.464 e. The maximum atomic E-state index is 15.2. The van der Waals surface area contributed by atoms with E-state index in [0.717, 1.165) is 25.3 Å². The summed E-state index contributed by atoms with van der Waals surface area (Å²) in [5.41, 5.74) is 4.11. The summed E-state index contributed by atoms with van der Waals surface area (Å²) in [4.78, 5) is 39.5. The fourth-order valence-electron chi connectivity index (χ4n) is 4.03. The summed E-state index contributed by atoms with van der Waals surface area (Å²) < 4.78 is 20.7. The zero-order valence-electron chi connectivity index (χ0n) is 21.0. The molecule has 0 bridgehead atoms. The Morgan fingerprint density at radius 1 is 1.20 bits per heavy atom. The number of hydrogen-bond acceptors (Lipinski definition) is 6. The third-order valence-corrected chi connectivity index (χ3v) is 5.88. The van der Waals surface area contributed by atoms with Gasteiger partial charge in [0.15, 0.2) is 0 Å². The highest BCUT2D eigenvalue weighted by atomic mass is 19.1. The van der Waals surface area contributed by atoms with Crippen molar-refractivity contribution in [3.63, 3.8) is 0 Å². The van der Waals surface area contributed by atoms with Gasteiger partial charge in [0.1, 0.15) is 11.4 Å². The Hall–Kier alpha value is -3.24. The molecule has 11 heteroatoms. The first kappa shape index (κ1) is 26.4. The smallest absolute Gasteiger partial charge is 0.423 e. The molecule has 1 aromatic carbocycles. The number of halogens is 1. The summed E-state index contributed by atoms with van der Waals surface area (Å²) in [5, 5.41) is 12.0.